The Kier molecular flexibility index (Phi) is 7.22. The van der Waals surface area contributed by atoms with E-state index < -0.39 is 0 Å². The van der Waals surface area contributed by atoms with E-state index in [0.29, 0.717) is 18.7 Å². The highest BCUT2D eigenvalue weighted by molar-refractivity contribution is 5.94. The maximum Gasteiger partial charge on any atom is 0.251 e. The number of rotatable bonds is 9. The fraction of sp³-hybridized carbons (Fsp3) is 0.368. The van der Waals surface area contributed by atoms with Crippen molar-refractivity contribution < 1.29 is 4.79 Å². The standard InChI is InChI=1S/C19H26N4O2/c1-3-23(4-2)12-11-20-19(25)16-6-8-17(9-7-16)21-13-15-5-10-18(24)22-14-15/h5-10,14,21H,3-4,11-13H2,1-2H3,(H,20,25)(H,22,24). The molecule has 0 atom stereocenters. The second-order valence-corrected chi connectivity index (χ2v) is 5.77. The van der Waals surface area contributed by atoms with Gasteiger partial charge in [-0.15, -0.1) is 0 Å². The Morgan fingerprint density at radius 3 is 2.40 bits per heavy atom. The molecule has 2 aromatic rings. The van der Waals surface area contributed by atoms with Crippen LogP contribution in [0.4, 0.5) is 5.69 Å². The Morgan fingerprint density at radius 2 is 1.80 bits per heavy atom. The number of nitrogens with one attached hydrogen (secondary N) is 3. The predicted molar refractivity (Wildman–Crippen MR) is 101 cm³/mol. The van der Waals surface area contributed by atoms with Crippen molar-refractivity contribution in [2.45, 2.75) is 20.4 Å². The van der Waals surface area contributed by atoms with Gasteiger partial charge < -0.3 is 20.5 Å². The van der Waals surface area contributed by atoms with Crippen LogP contribution in [0.5, 0.6) is 0 Å². The smallest absolute Gasteiger partial charge is 0.251 e. The summed E-state index contributed by atoms with van der Waals surface area (Å²) in [5.74, 6) is -0.0562. The van der Waals surface area contributed by atoms with Crippen molar-refractivity contribution in [3.8, 4) is 0 Å². The molecule has 0 fully saturated rings. The second-order valence-electron chi connectivity index (χ2n) is 5.77. The predicted octanol–water partition coefficient (Wildman–Crippen LogP) is 2.06. The Balaban J connectivity index is 1.81. The third-order valence-corrected chi connectivity index (χ3v) is 4.10. The van der Waals surface area contributed by atoms with Gasteiger partial charge in [-0.25, -0.2) is 0 Å². The largest absolute Gasteiger partial charge is 0.381 e. The first-order valence-corrected chi connectivity index (χ1v) is 8.64. The van der Waals surface area contributed by atoms with Crippen molar-refractivity contribution >= 4 is 11.6 Å². The van der Waals surface area contributed by atoms with Crippen LogP contribution in [0.3, 0.4) is 0 Å². The summed E-state index contributed by atoms with van der Waals surface area (Å²) in [7, 11) is 0. The highest BCUT2D eigenvalue weighted by atomic mass is 16.1. The number of anilines is 1. The monoisotopic (exact) mass is 342 g/mol. The molecule has 6 heteroatoms. The number of benzene rings is 1. The SMILES string of the molecule is CCN(CC)CCNC(=O)c1ccc(NCc2ccc(=O)[nH]c2)cc1. The lowest BCUT2D eigenvalue weighted by Gasteiger charge is -2.18. The number of amides is 1. The maximum atomic E-state index is 12.1. The van der Waals surface area contributed by atoms with Crippen molar-refractivity contribution in [2.75, 3.05) is 31.5 Å². The Morgan fingerprint density at radius 1 is 1.08 bits per heavy atom. The van der Waals surface area contributed by atoms with Crippen molar-refractivity contribution in [3.63, 3.8) is 0 Å². The minimum atomic E-state index is -0.111. The summed E-state index contributed by atoms with van der Waals surface area (Å²) in [4.78, 5) is 28.1. The molecule has 1 aromatic carbocycles. The van der Waals surface area contributed by atoms with E-state index in [-0.39, 0.29) is 11.5 Å². The summed E-state index contributed by atoms with van der Waals surface area (Å²) < 4.78 is 0. The van der Waals surface area contributed by atoms with Gasteiger partial charge in [0.25, 0.3) is 5.91 Å². The number of H-pyrrole nitrogens is 1. The Bertz CT molecular complexity index is 700. The van der Waals surface area contributed by atoms with E-state index >= 15 is 0 Å². The van der Waals surface area contributed by atoms with Gasteiger partial charge in [0, 0.05) is 43.1 Å². The molecule has 0 aliphatic rings. The van der Waals surface area contributed by atoms with E-state index in [1.807, 2.05) is 24.3 Å². The molecular formula is C19H26N4O2. The van der Waals surface area contributed by atoms with Gasteiger partial charge in [-0.1, -0.05) is 19.9 Å². The average Bonchev–Trinajstić information content (AvgIpc) is 2.65. The zero-order valence-electron chi connectivity index (χ0n) is 14.8. The van der Waals surface area contributed by atoms with Gasteiger partial charge in [0.1, 0.15) is 0 Å². The van der Waals surface area contributed by atoms with E-state index in [1.165, 1.54) is 6.07 Å². The number of hydrogen-bond acceptors (Lipinski definition) is 4. The molecule has 0 spiro atoms. The molecule has 1 heterocycles. The minimum absolute atomic E-state index is 0.0562. The molecule has 0 aliphatic carbocycles. The summed E-state index contributed by atoms with van der Waals surface area (Å²) in [6.45, 7) is 8.31. The van der Waals surface area contributed by atoms with E-state index in [0.717, 1.165) is 30.9 Å². The van der Waals surface area contributed by atoms with Crippen LogP contribution in [0, 0.1) is 0 Å². The van der Waals surface area contributed by atoms with Crippen molar-refractivity contribution in [1.82, 2.24) is 15.2 Å². The number of pyridine rings is 1. The van der Waals surface area contributed by atoms with Gasteiger partial charge in [-0.2, -0.15) is 0 Å². The third-order valence-electron chi connectivity index (χ3n) is 4.10. The zero-order chi connectivity index (χ0) is 18.1. The highest BCUT2D eigenvalue weighted by Gasteiger charge is 2.06. The van der Waals surface area contributed by atoms with E-state index in [1.54, 1.807) is 12.3 Å². The molecule has 134 valence electrons. The van der Waals surface area contributed by atoms with Crippen LogP contribution < -0.4 is 16.2 Å². The van der Waals surface area contributed by atoms with Crippen LogP contribution in [-0.2, 0) is 6.54 Å². The lowest BCUT2D eigenvalue weighted by atomic mass is 10.2. The number of aromatic amines is 1. The molecule has 0 saturated heterocycles. The molecule has 1 aromatic heterocycles. The molecule has 3 N–H and O–H groups in total. The first-order valence-electron chi connectivity index (χ1n) is 8.64. The average molecular weight is 342 g/mol. The summed E-state index contributed by atoms with van der Waals surface area (Å²) in [6.07, 6.45) is 1.69. The highest BCUT2D eigenvalue weighted by Crippen LogP contribution is 2.11. The normalized spacial score (nSPS) is 10.7. The third kappa shape index (κ3) is 6.08. The summed E-state index contributed by atoms with van der Waals surface area (Å²) >= 11 is 0. The fourth-order valence-corrected chi connectivity index (χ4v) is 2.47. The van der Waals surface area contributed by atoms with Gasteiger partial charge >= 0.3 is 0 Å². The van der Waals surface area contributed by atoms with Gasteiger partial charge in [0.15, 0.2) is 0 Å². The number of nitrogens with zero attached hydrogens (tertiary/aromatic N) is 1. The lowest BCUT2D eigenvalue weighted by molar-refractivity contribution is 0.0949. The molecule has 2 rings (SSSR count). The van der Waals surface area contributed by atoms with Crippen molar-refractivity contribution in [1.29, 1.82) is 0 Å². The number of aromatic nitrogens is 1. The van der Waals surface area contributed by atoms with Crippen LogP contribution in [0.2, 0.25) is 0 Å². The molecule has 6 nitrogen and oxygen atoms in total. The topological polar surface area (TPSA) is 77.2 Å². The van der Waals surface area contributed by atoms with Crippen LogP contribution >= 0.6 is 0 Å². The quantitative estimate of drug-likeness (QED) is 0.652. The Hall–Kier alpha value is -2.60. The maximum absolute atomic E-state index is 12.1. The number of likely N-dealkylation sites (N-methyl/N-ethyl adjacent to an activating group) is 1. The molecule has 1 amide bonds. The molecule has 0 unspecified atom stereocenters. The number of carbonyl (C=O) groups is 1. The van der Waals surface area contributed by atoms with Gasteiger partial charge in [0.05, 0.1) is 0 Å². The molecule has 0 radical (unpaired) electrons. The first kappa shape index (κ1) is 18.7. The summed E-state index contributed by atoms with van der Waals surface area (Å²) in [5, 5.41) is 6.21. The van der Waals surface area contributed by atoms with Crippen molar-refractivity contribution in [3.05, 3.63) is 64.1 Å². The molecular weight excluding hydrogens is 316 g/mol. The molecule has 25 heavy (non-hydrogen) atoms. The fourth-order valence-electron chi connectivity index (χ4n) is 2.47. The van der Waals surface area contributed by atoms with Crippen LogP contribution in [-0.4, -0.2) is 42.0 Å². The zero-order valence-corrected chi connectivity index (χ0v) is 14.8. The molecule has 0 aliphatic heterocycles. The minimum Gasteiger partial charge on any atom is -0.381 e. The van der Waals surface area contributed by atoms with E-state index in [4.69, 9.17) is 0 Å². The van der Waals surface area contributed by atoms with Crippen LogP contribution in [0.25, 0.3) is 0 Å². The van der Waals surface area contributed by atoms with Crippen molar-refractivity contribution in [2.24, 2.45) is 0 Å². The van der Waals surface area contributed by atoms with Gasteiger partial charge in [0.2, 0.25) is 5.56 Å². The Labute approximate surface area is 148 Å². The van der Waals surface area contributed by atoms with E-state index in [2.05, 4.69) is 34.4 Å². The first-order chi connectivity index (χ1) is 12.1. The van der Waals surface area contributed by atoms with Gasteiger partial charge in [-0.3, -0.25) is 9.59 Å². The molecule has 0 saturated carbocycles. The summed E-state index contributed by atoms with van der Waals surface area (Å²) in [6, 6.07) is 10.7. The van der Waals surface area contributed by atoms with Crippen LogP contribution in [0.15, 0.2) is 47.4 Å². The lowest BCUT2D eigenvalue weighted by Crippen LogP contribution is -2.34. The number of carbonyl (C=O) groups excluding carboxylic acids is 1. The second kappa shape index (κ2) is 9.64. The van der Waals surface area contributed by atoms with Gasteiger partial charge in [-0.05, 0) is 42.9 Å². The van der Waals surface area contributed by atoms with Crippen LogP contribution in [0.1, 0.15) is 29.8 Å². The molecule has 0 bridgehead atoms. The summed E-state index contributed by atoms with van der Waals surface area (Å²) in [5.41, 5.74) is 2.44. The number of hydrogen-bond donors (Lipinski definition) is 3. The van der Waals surface area contributed by atoms with E-state index in [9.17, 15) is 9.59 Å².